The van der Waals surface area contributed by atoms with Gasteiger partial charge < -0.3 is 20.3 Å². The Morgan fingerprint density at radius 3 is 3.00 bits per heavy atom. The molecule has 1 heterocycles. The highest BCUT2D eigenvalue weighted by Gasteiger charge is 2.28. The van der Waals surface area contributed by atoms with E-state index in [9.17, 15) is 14.3 Å². The maximum absolute atomic E-state index is 13.4. The topological polar surface area (TPSA) is 81.8 Å². The van der Waals surface area contributed by atoms with Gasteiger partial charge in [0.2, 0.25) is 6.79 Å². The van der Waals surface area contributed by atoms with E-state index in [1.807, 2.05) is 0 Å². The summed E-state index contributed by atoms with van der Waals surface area (Å²) in [6.45, 7) is -0.473. The van der Waals surface area contributed by atoms with Crippen LogP contribution in [0.3, 0.4) is 0 Å². The SMILES string of the molecule is NCC(=O)c1c(F)c(O)cc2c1OCO2. The molecule has 0 bridgehead atoms. The minimum absolute atomic E-state index is 0.000694. The summed E-state index contributed by atoms with van der Waals surface area (Å²) >= 11 is 0. The Hall–Kier alpha value is -1.82. The van der Waals surface area contributed by atoms with Crippen LogP contribution in [0.25, 0.3) is 0 Å². The Morgan fingerprint density at radius 1 is 1.60 bits per heavy atom. The first-order valence-electron chi connectivity index (χ1n) is 4.19. The molecule has 0 saturated carbocycles. The van der Waals surface area contributed by atoms with E-state index in [1.165, 1.54) is 0 Å². The van der Waals surface area contributed by atoms with Gasteiger partial charge in [-0.25, -0.2) is 4.39 Å². The number of Topliss-reactive ketones (excluding diaryl/α,β-unsaturated/α-hetero) is 1. The number of rotatable bonds is 2. The first kappa shape index (κ1) is 9.72. The quantitative estimate of drug-likeness (QED) is 0.695. The summed E-state index contributed by atoms with van der Waals surface area (Å²) in [6, 6.07) is 1.06. The van der Waals surface area contributed by atoms with Crippen LogP contribution in [0.2, 0.25) is 0 Å². The van der Waals surface area contributed by atoms with Gasteiger partial charge in [0.25, 0.3) is 0 Å². The lowest BCUT2D eigenvalue weighted by atomic mass is 10.1. The van der Waals surface area contributed by atoms with Gasteiger partial charge in [-0.3, -0.25) is 4.79 Å². The number of phenols is 1. The van der Waals surface area contributed by atoms with Gasteiger partial charge in [-0.15, -0.1) is 0 Å². The normalized spacial score (nSPS) is 12.9. The van der Waals surface area contributed by atoms with Crippen molar-refractivity contribution >= 4 is 5.78 Å². The Labute approximate surface area is 84.2 Å². The zero-order valence-corrected chi connectivity index (χ0v) is 7.62. The van der Waals surface area contributed by atoms with Gasteiger partial charge in [-0.2, -0.15) is 0 Å². The van der Waals surface area contributed by atoms with Crippen LogP contribution < -0.4 is 15.2 Å². The number of hydrogen-bond donors (Lipinski definition) is 2. The van der Waals surface area contributed by atoms with Crippen molar-refractivity contribution < 1.29 is 23.8 Å². The third-order valence-corrected chi connectivity index (χ3v) is 2.04. The lowest BCUT2D eigenvalue weighted by Crippen LogP contribution is -2.16. The number of halogens is 1. The maximum Gasteiger partial charge on any atom is 0.231 e. The summed E-state index contributed by atoms with van der Waals surface area (Å²) in [5, 5.41) is 9.21. The Bertz CT molecular complexity index is 433. The summed E-state index contributed by atoms with van der Waals surface area (Å²) in [4.78, 5) is 11.3. The van der Waals surface area contributed by atoms with Crippen LogP contribution in [0.4, 0.5) is 4.39 Å². The molecule has 0 radical (unpaired) electrons. The largest absolute Gasteiger partial charge is 0.505 e. The number of benzene rings is 1. The van der Waals surface area contributed by atoms with E-state index in [-0.39, 0.29) is 30.4 Å². The molecule has 0 fully saturated rings. The molecule has 1 aromatic rings. The van der Waals surface area contributed by atoms with Crippen molar-refractivity contribution in [2.45, 2.75) is 0 Å². The molecule has 2 rings (SSSR count). The van der Waals surface area contributed by atoms with Crippen LogP contribution in [-0.2, 0) is 0 Å². The summed E-state index contributed by atoms with van der Waals surface area (Å²) < 4.78 is 23.3. The molecule has 80 valence electrons. The number of ketones is 1. The molecule has 3 N–H and O–H groups in total. The highest BCUT2D eigenvalue weighted by atomic mass is 19.1. The van der Waals surface area contributed by atoms with Crippen molar-refractivity contribution in [1.29, 1.82) is 0 Å². The Balaban J connectivity index is 2.65. The third kappa shape index (κ3) is 1.39. The van der Waals surface area contributed by atoms with Gasteiger partial charge in [0, 0.05) is 6.07 Å². The van der Waals surface area contributed by atoms with Crippen LogP contribution in [0.15, 0.2) is 6.07 Å². The first-order chi connectivity index (χ1) is 7.15. The first-order valence-corrected chi connectivity index (χ1v) is 4.19. The number of fused-ring (bicyclic) bond motifs is 1. The van der Waals surface area contributed by atoms with E-state index < -0.39 is 17.3 Å². The van der Waals surface area contributed by atoms with Crippen molar-refractivity contribution in [3.63, 3.8) is 0 Å². The van der Waals surface area contributed by atoms with E-state index >= 15 is 0 Å². The number of aromatic hydroxyl groups is 1. The molecule has 1 aromatic carbocycles. The van der Waals surface area contributed by atoms with E-state index in [0.717, 1.165) is 6.07 Å². The number of nitrogens with two attached hydrogens (primary N) is 1. The fraction of sp³-hybridized carbons (Fsp3) is 0.222. The standard InChI is InChI=1S/C9H8FNO4/c10-8-4(12)1-6-9(15-3-14-6)7(8)5(13)2-11/h1,12H,2-3,11H2. The molecular formula is C9H8FNO4. The highest BCUT2D eigenvalue weighted by molar-refractivity contribution is 6.01. The zero-order valence-electron chi connectivity index (χ0n) is 7.62. The second kappa shape index (κ2) is 3.39. The summed E-state index contributed by atoms with van der Waals surface area (Å²) in [5.74, 6) is -2.19. The van der Waals surface area contributed by atoms with E-state index in [0.29, 0.717) is 0 Å². The molecule has 15 heavy (non-hydrogen) atoms. The van der Waals surface area contributed by atoms with Crippen LogP contribution >= 0.6 is 0 Å². The van der Waals surface area contributed by atoms with Gasteiger partial charge in [-0.05, 0) is 0 Å². The lowest BCUT2D eigenvalue weighted by Gasteiger charge is -2.06. The molecule has 0 spiro atoms. The third-order valence-electron chi connectivity index (χ3n) is 2.04. The number of phenolic OH excluding ortho intramolecular Hbond substituents is 1. The summed E-state index contributed by atoms with van der Waals surface area (Å²) in [7, 11) is 0. The van der Waals surface area contributed by atoms with Gasteiger partial charge in [-0.1, -0.05) is 0 Å². The number of carbonyl (C=O) groups is 1. The second-order valence-corrected chi connectivity index (χ2v) is 2.95. The minimum Gasteiger partial charge on any atom is -0.505 e. The fourth-order valence-corrected chi connectivity index (χ4v) is 1.36. The molecule has 0 aromatic heterocycles. The Morgan fingerprint density at radius 2 is 2.33 bits per heavy atom. The van der Waals surface area contributed by atoms with E-state index in [4.69, 9.17) is 15.2 Å². The number of hydrogen-bond acceptors (Lipinski definition) is 5. The molecule has 0 atom stereocenters. The summed E-state index contributed by atoms with van der Waals surface area (Å²) in [6.07, 6.45) is 0. The molecule has 0 saturated heterocycles. The average molecular weight is 213 g/mol. The molecule has 1 aliphatic heterocycles. The van der Waals surface area contributed by atoms with Gasteiger partial charge in [0.05, 0.1) is 6.54 Å². The molecule has 0 amide bonds. The highest BCUT2D eigenvalue weighted by Crippen LogP contribution is 2.41. The fourth-order valence-electron chi connectivity index (χ4n) is 1.36. The summed E-state index contributed by atoms with van der Waals surface area (Å²) in [5.41, 5.74) is 4.77. The average Bonchev–Trinajstić information content (AvgIpc) is 2.66. The maximum atomic E-state index is 13.4. The van der Waals surface area contributed by atoms with Gasteiger partial charge in [0.1, 0.15) is 5.56 Å². The molecule has 0 unspecified atom stereocenters. The van der Waals surface area contributed by atoms with Crippen molar-refractivity contribution in [2.24, 2.45) is 5.73 Å². The molecule has 0 aliphatic carbocycles. The Kier molecular flexibility index (Phi) is 2.20. The van der Waals surface area contributed by atoms with Gasteiger partial charge >= 0.3 is 0 Å². The van der Waals surface area contributed by atoms with Crippen LogP contribution in [-0.4, -0.2) is 24.2 Å². The van der Waals surface area contributed by atoms with E-state index in [1.54, 1.807) is 0 Å². The monoisotopic (exact) mass is 213 g/mol. The smallest absolute Gasteiger partial charge is 0.231 e. The van der Waals surface area contributed by atoms with Crippen LogP contribution in [0.1, 0.15) is 10.4 Å². The van der Waals surface area contributed by atoms with Crippen molar-refractivity contribution in [3.8, 4) is 17.2 Å². The van der Waals surface area contributed by atoms with Crippen LogP contribution in [0, 0.1) is 5.82 Å². The van der Waals surface area contributed by atoms with Gasteiger partial charge in [0.15, 0.2) is 28.8 Å². The lowest BCUT2D eigenvalue weighted by molar-refractivity contribution is 0.0991. The molecule has 5 nitrogen and oxygen atoms in total. The number of ether oxygens (including phenoxy) is 2. The zero-order chi connectivity index (χ0) is 11.0. The predicted octanol–water partition coefficient (Wildman–Crippen LogP) is 0.401. The van der Waals surface area contributed by atoms with Crippen LogP contribution in [0.5, 0.6) is 17.2 Å². The predicted molar refractivity (Wildman–Crippen MR) is 47.6 cm³/mol. The van der Waals surface area contributed by atoms with Crippen molar-refractivity contribution in [2.75, 3.05) is 13.3 Å². The second-order valence-electron chi connectivity index (χ2n) is 2.95. The van der Waals surface area contributed by atoms with Crippen molar-refractivity contribution in [1.82, 2.24) is 0 Å². The molecular weight excluding hydrogens is 205 g/mol. The minimum atomic E-state index is -1.03. The number of carbonyl (C=O) groups excluding carboxylic acids is 1. The molecule has 6 heteroatoms. The molecule has 1 aliphatic rings. The van der Waals surface area contributed by atoms with E-state index in [2.05, 4.69) is 0 Å². The van der Waals surface area contributed by atoms with Crippen molar-refractivity contribution in [3.05, 3.63) is 17.4 Å².